The lowest BCUT2D eigenvalue weighted by molar-refractivity contribution is -0.132. The maximum atomic E-state index is 13.2. The van der Waals surface area contributed by atoms with E-state index in [9.17, 15) is 29.1 Å². The summed E-state index contributed by atoms with van der Waals surface area (Å²) in [7, 11) is 0. The topological polar surface area (TPSA) is 206 Å². The zero-order chi connectivity index (χ0) is 31.9. The van der Waals surface area contributed by atoms with Gasteiger partial charge in [-0.2, -0.15) is 0 Å². The average Bonchev–Trinajstić information content (AvgIpc) is 2.96. The summed E-state index contributed by atoms with van der Waals surface area (Å²) in [6.45, 7) is 5.19. The monoisotopic (exact) mass is 596 g/mol. The Morgan fingerprint density at radius 3 is 1.95 bits per heavy atom. The zero-order valence-electron chi connectivity index (χ0n) is 25.0. The lowest BCUT2D eigenvalue weighted by atomic mass is 10.0. The van der Waals surface area contributed by atoms with Crippen molar-refractivity contribution in [1.82, 2.24) is 21.3 Å². The lowest BCUT2D eigenvalue weighted by Crippen LogP contribution is -2.56. The molecule has 0 fully saturated rings. The number of aromatic hydroxyl groups is 1. The van der Waals surface area contributed by atoms with Gasteiger partial charge in [0.25, 0.3) is 0 Å². The number of carbonyl (C=O) groups is 5. The van der Waals surface area contributed by atoms with E-state index in [2.05, 4.69) is 21.3 Å². The fourth-order valence-electron chi connectivity index (χ4n) is 4.40. The zero-order valence-corrected chi connectivity index (χ0v) is 25.0. The van der Waals surface area contributed by atoms with Crippen molar-refractivity contribution < 1.29 is 29.1 Å². The Morgan fingerprint density at radius 1 is 0.767 bits per heavy atom. The normalized spacial score (nSPS) is 13.7. The first-order valence-corrected chi connectivity index (χ1v) is 14.4. The maximum Gasteiger partial charge on any atom is 0.243 e. The van der Waals surface area contributed by atoms with Crippen molar-refractivity contribution in [2.24, 2.45) is 17.4 Å². The summed E-state index contributed by atoms with van der Waals surface area (Å²) in [6.07, 6.45) is 1.58. The average molecular weight is 597 g/mol. The first-order valence-electron chi connectivity index (χ1n) is 14.4. The molecule has 0 aliphatic heterocycles. The Labute approximate surface area is 252 Å². The van der Waals surface area contributed by atoms with Gasteiger partial charge in [-0.15, -0.1) is 0 Å². The van der Waals surface area contributed by atoms with Crippen molar-refractivity contribution in [3.63, 3.8) is 0 Å². The second-order valence-electron chi connectivity index (χ2n) is 10.9. The number of nitrogens with two attached hydrogens (primary N) is 2. The van der Waals surface area contributed by atoms with Crippen molar-refractivity contribution in [1.29, 1.82) is 0 Å². The molecule has 4 atom stereocenters. The van der Waals surface area contributed by atoms with Gasteiger partial charge in [-0.1, -0.05) is 69.7 Å². The molecule has 0 saturated carbocycles. The van der Waals surface area contributed by atoms with E-state index in [-0.39, 0.29) is 24.5 Å². The van der Waals surface area contributed by atoms with Crippen LogP contribution in [-0.2, 0) is 36.8 Å². The number of primary amides is 1. The Balaban J connectivity index is 2.01. The summed E-state index contributed by atoms with van der Waals surface area (Å²) >= 11 is 0. The van der Waals surface area contributed by atoms with E-state index < -0.39 is 60.2 Å². The number of benzene rings is 2. The number of phenols is 1. The summed E-state index contributed by atoms with van der Waals surface area (Å²) in [5.74, 6) is -2.80. The van der Waals surface area contributed by atoms with E-state index in [0.717, 1.165) is 11.1 Å². The predicted molar refractivity (Wildman–Crippen MR) is 162 cm³/mol. The minimum absolute atomic E-state index is 0.0918. The molecule has 12 heteroatoms. The number of carbonyl (C=O) groups excluding carboxylic acids is 5. The van der Waals surface area contributed by atoms with Crippen LogP contribution in [0.1, 0.15) is 51.2 Å². The molecule has 2 rings (SSSR count). The van der Waals surface area contributed by atoms with E-state index in [1.165, 1.54) is 12.1 Å². The highest BCUT2D eigenvalue weighted by Gasteiger charge is 2.28. The molecule has 0 bridgehead atoms. The summed E-state index contributed by atoms with van der Waals surface area (Å²) in [5.41, 5.74) is 13.0. The minimum Gasteiger partial charge on any atom is -0.508 e. The Hall–Kier alpha value is -4.45. The van der Waals surface area contributed by atoms with Crippen LogP contribution >= 0.6 is 0 Å². The van der Waals surface area contributed by atoms with Gasteiger partial charge in [0.2, 0.25) is 29.5 Å². The van der Waals surface area contributed by atoms with Gasteiger partial charge in [0, 0.05) is 6.42 Å². The van der Waals surface area contributed by atoms with Crippen molar-refractivity contribution in [2.75, 3.05) is 6.54 Å². The number of hydrogen-bond acceptors (Lipinski definition) is 7. The molecule has 0 aromatic heterocycles. The molecule has 0 unspecified atom stereocenters. The van der Waals surface area contributed by atoms with Gasteiger partial charge in [0.1, 0.15) is 23.9 Å². The summed E-state index contributed by atoms with van der Waals surface area (Å²) in [4.78, 5) is 63.6. The molecule has 0 spiro atoms. The second-order valence-corrected chi connectivity index (χ2v) is 10.9. The molecule has 5 amide bonds. The van der Waals surface area contributed by atoms with E-state index in [4.69, 9.17) is 11.5 Å². The van der Waals surface area contributed by atoms with Crippen LogP contribution in [0.25, 0.3) is 0 Å². The van der Waals surface area contributed by atoms with Crippen LogP contribution < -0.4 is 32.7 Å². The fourth-order valence-corrected chi connectivity index (χ4v) is 4.40. The Morgan fingerprint density at radius 2 is 1.37 bits per heavy atom. The fraction of sp³-hybridized carbons (Fsp3) is 0.452. The summed E-state index contributed by atoms with van der Waals surface area (Å²) in [5, 5.41) is 19.9. The lowest BCUT2D eigenvalue weighted by Gasteiger charge is -2.23. The molecule has 9 N–H and O–H groups in total. The molecule has 234 valence electrons. The van der Waals surface area contributed by atoms with Gasteiger partial charge in [-0.3, -0.25) is 24.0 Å². The van der Waals surface area contributed by atoms with Gasteiger partial charge >= 0.3 is 0 Å². The van der Waals surface area contributed by atoms with Crippen LogP contribution in [0.2, 0.25) is 0 Å². The van der Waals surface area contributed by atoms with Crippen LogP contribution in [0.15, 0.2) is 54.6 Å². The molecular formula is C31H44N6O6. The highest BCUT2D eigenvalue weighted by Crippen LogP contribution is 2.11. The molecule has 0 aliphatic carbocycles. The molecule has 0 aliphatic rings. The highest BCUT2D eigenvalue weighted by molar-refractivity contribution is 5.94. The molecule has 0 heterocycles. The first kappa shape index (κ1) is 34.7. The number of nitrogens with one attached hydrogen (secondary N) is 4. The number of amides is 5. The molecule has 2 aromatic carbocycles. The third-order valence-corrected chi connectivity index (χ3v) is 6.66. The Kier molecular flexibility index (Phi) is 14.1. The number of hydrogen-bond donors (Lipinski definition) is 7. The maximum absolute atomic E-state index is 13.2. The van der Waals surface area contributed by atoms with Gasteiger partial charge in [-0.25, -0.2) is 0 Å². The highest BCUT2D eigenvalue weighted by atomic mass is 16.3. The third-order valence-electron chi connectivity index (χ3n) is 6.66. The van der Waals surface area contributed by atoms with Gasteiger partial charge < -0.3 is 37.8 Å². The van der Waals surface area contributed by atoms with Crippen molar-refractivity contribution in [3.8, 4) is 5.75 Å². The van der Waals surface area contributed by atoms with E-state index in [1.54, 1.807) is 36.4 Å². The predicted octanol–water partition coefficient (Wildman–Crippen LogP) is 0.407. The van der Waals surface area contributed by atoms with Gasteiger partial charge in [0.05, 0.1) is 12.6 Å². The second kappa shape index (κ2) is 17.5. The number of rotatable bonds is 17. The van der Waals surface area contributed by atoms with Crippen LogP contribution in [0.3, 0.4) is 0 Å². The van der Waals surface area contributed by atoms with Crippen LogP contribution in [0, 0.1) is 5.92 Å². The van der Waals surface area contributed by atoms with Gasteiger partial charge in [0.15, 0.2) is 0 Å². The third kappa shape index (κ3) is 12.5. The summed E-state index contributed by atoms with van der Waals surface area (Å²) < 4.78 is 0. The van der Waals surface area contributed by atoms with Crippen LogP contribution in [0.4, 0.5) is 0 Å². The summed E-state index contributed by atoms with van der Waals surface area (Å²) in [6, 6.07) is 11.5. The van der Waals surface area contributed by atoms with Gasteiger partial charge in [-0.05, 0) is 48.4 Å². The first-order chi connectivity index (χ1) is 20.4. The van der Waals surface area contributed by atoms with E-state index >= 15 is 0 Å². The quantitative estimate of drug-likeness (QED) is 0.137. The van der Waals surface area contributed by atoms with Crippen molar-refractivity contribution in [3.05, 3.63) is 65.7 Å². The Bertz CT molecular complexity index is 1220. The molecule has 2 aromatic rings. The molecule has 12 nitrogen and oxygen atoms in total. The molecule has 0 radical (unpaired) electrons. The SMILES string of the molecule is CCC[C@@H](NC(=O)[C@@H](N)Cc1ccc(O)cc1)C(=O)NCC(=O)N[C@@H](Cc1ccccc1)C(=O)N[C@@H](CC(C)C)C(N)=O. The largest absolute Gasteiger partial charge is 0.508 e. The standard InChI is InChI=1S/C31H44N6O6/c1-4-8-24(36-29(41)23(32)16-21-11-13-22(38)14-12-21)30(42)34-18-27(39)35-26(17-20-9-6-5-7-10-20)31(43)37-25(28(33)40)15-19(2)3/h5-7,9-14,19,23-26,38H,4,8,15-18,32H2,1-3H3,(H2,33,40)(H,34,42)(H,35,39)(H,36,41)(H,37,43)/t23-,24+,25-,26-/m0/s1. The van der Waals surface area contributed by atoms with Crippen molar-refractivity contribution in [2.45, 2.75) is 77.0 Å². The smallest absolute Gasteiger partial charge is 0.243 e. The molecule has 0 saturated heterocycles. The van der Waals surface area contributed by atoms with E-state index in [0.29, 0.717) is 19.3 Å². The van der Waals surface area contributed by atoms with E-state index in [1.807, 2.05) is 26.8 Å². The number of phenolic OH excluding ortho intramolecular Hbond substituents is 1. The van der Waals surface area contributed by atoms with Crippen LogP contribution in [0.5, 0.6) is 5.75 Å². The molecule has 43 heavy (non-hydrogen) atoms. The van der Waals surface area contributed by atoms with Crippen molar-refractivity contribution >= 4 is 29.5 Å². The molecular weight excluding hydrogens is 552 g/mol. The minimum atomic E-state index is -1.04. The van der Waals surface area contributed by atoms with Crippen LogP contribution in [-0.4, -0.2) is 65.4 Å².